The Hall–Kier alpha value is -0.830. The van der Waals surface area contributed by atoms with E-state index in [0.29, 0.717) is 0 Å². The molecule has 0 saturated carbocycles. The van der Waals surface area contributed by atoms with Crippen LogP contribution in [-0.4, -0.2) is 13.1 Å². The molecule has 0 aliphatic heterocycles. The molecular formula is C8H7BrO2. The van der Waals surface area contributed by atoms with Crippen molar-refractivity contribution >= 4 is 21.9 Å². The zero-order valence-corrected chi connectivity index (χ0v) is 7.28. The van der Waals surface area contributed by atoms with Gasteiger partial charge in [0.05, 0.1) is 18.2 Å². The van der Waals surface area contributed by atoms with Crippen molar-refractivity contribution in [3.63, 3.8) is 0 Å². The number of carbonyl (C=O) groups is 1. The van der Waals surface area contributed by atoms with Gasteiger partial charge in [0.25, 0.3) is 0 Å². The molecule has 0 aromatic heterocycles. The first kappa shape index (κ1) is 4.26. The number of hydrogen-bond acceptors (Lipinski definition) is 2. The third kappa shape index (κ3) is 1.80. The molecule has 0 amide bonds. The van der Waals surface area contributed by atoms with E-state index in [4.69, 9.17) is 5.48 Å². The molecule has 0 bridgehead atoms. The van der Waals surface area contributed by atoms with E-state index < -0.39 is 18.1 Å². The molecule has 0 aliphatic carbocycles. The monoisotopic (exact) mass is 218 g/mol. The first-order valence-electron chi connectivity index (χ1n) is 4.76. The van der Waals surface area contributed by atoms with Crippen molar-refractivity contribution in [2.75, 3.05) is 7.11 Å². The van der Waals surface area contributed by atoms with Crippen LogP contribution in [0.5, 0.6) is 0 Å². The highest BCUT2D eigenvalue weighted by Gasteiger charge is 2.07. The summed E-state index contributed by atoms with van der Waals surface area (Å²) in [7, 11) is 1.15. The number of carbonyl (C=O) groups excluding carboxylic acids is 1. The van der Waals surface area contributed by atoms with Crippen LogP contribution >= 0.6 is 15.9 Å². The van der Waals surface area contributed by atoms with Gasteiger partial charge >= 0.3 is 5.97 Å². The van der Waals surface area contributed by atoms with Gasteiger partial charge in [-0.1, -0.05) is 12.1 Å². The molecule has 0 heterocycles. The lowest BCUT2D eigenvalue weighted by Gasteiger charge is -1.99. The van der Waals surface area contributed by atoms with E-state index >= 15 is 0 Å². The second kappa shape index (κ2) is 3.53. The maximum Gasteiger partial charge on any atom is 0.338 e. The molecule has 0 unspecified atom stereocenters. The fraction of sp³-hybridized carbons (Fsp3) is 0.125. The van der Waals surface area contributed by atoms with E-state index in [-0.39, 0.29) is 22.1 Å². The van der Waals surface area contributed by atoms with Gasteiger partial charge in [0, 0.05) is 4.47 Å². The van der Waals surface area contributed by atoms with Gasteiger partial charge in [0.1, 0.15) is 0 Å². The minimum Gasteiger partial charge on any atom is -0.465 e. The lowest BCUT2D eigenvalue weighted by Crippen LogP contribution is -2.01. The SMILES string of the molecule is [2H]c1c([2H])c([2H])c(C(=O)OC)c(Br)c1[2H]. The molecule has 3 heteroatoms. The molecule has 1 aromatic rings. The van der Waals surface area contributed by atoms with Crippen molar-refractivity contribution in [1.82, 2.24) is 0 Å². The second-order valence-corrected chi connectivity index (χ2v) is 2.47. The number of hydrogen-bond donors (Lipinski definition) is 0. The van der Waals surface area contributed by atoms with Crippen molar-refractivity contribution < 1.29 is 15.0 Å². The molecule has 0 aliphatic rings. The predicted molar refractivity (Wildman–Crippen MR) is 45.5 cm³/mol. The summed E-state index contributed by atoms with van der Waals surface area (Å²) in [5.41, 5.74) is -0.191. The smallest absolute Gasteiger partial charge is 0.338 e. The Labute approximate surface area is 78.9 Å². The molecule has 0 N–H and O–H groups in total. The van der Waals surface area contributed by atoms with Crippen LogP contribution in [0.2, 0.25) is 0 Å². The Kier molecular flexibility index (Phi) is 1.37. The van der Waals surface area contributed by atoms with E-state index in [0.717, 1.165) is 7.11 Å². The summed E-state index contributed by atoms with van der Waals surface area (Å²) < 4.78 is 34.1. The Morgan fingerprint density at radius 3 is 2.91 bits per heavy atom. The van der Waals surface area contributed by atoms with Crippen molar-refractivity contribution in [2.45, 2.75) is 0 Å². The van der Waals surface area contributed by atoms with Crippen LogP contribution in [0.25, 0.3) is 0 Å². The van der Waals surface area contributed by atoms with Crippen molar-refractivity contribution in [3.8, 4) is 0 Å². The highest BCUT2D eigenvalue weighted by atomic mass is 79.9. The Morgan fingerprint density at radius 2 is 2.27 bits per heavy atom. The molecular weight excluding hydrogens is 208 g/mol. The first-order chi connectivity index (χ1) is 6.91. The largest absolute Gasteiger partial charge is 0.465 e. The standard InChI is InChI=1S/C8H7BrO2/c1-11-8(10)6-4-2-3-5-7(6)9/h2-5H,1H3/i2D,3D,4D,5D. The summed E-state index contributed by atoms with van der Waals surface area (Å²) >= 11 is 2.95. The molecule has 0 saturated heterocycles. The van der Waals surface area contributed by atoms with Crippen molar-refractivity contribution in [3.05, 3.63) is 34.2 Å². The van der Waals surface area contributed by atoms with Crippen LogP contribution in [0, 0.1) is 0 Å². The van der Waals surface area contributed by atoms with E-state index in [1.165, 1.54) is 0 Å². The first-order valence-corrected chi connectivity index (χ1v) is 3.55. The maximum absolute atomic E-state index is 11.3. The summed E-state index contributed by atoms with van der Waals surface area (Å²) in [6.45, 7) is 0. The Bertz CT molecular complexity index is 404. The van der Waals surface area contributed by atoms with E-state index in [2.05, 4.69) is 20.7 Å². The normalized spacial score (nSPS) is 14.4. The van der Waals surface area contributed by atoms with Crippen LogP contribution in [0.4, 0.5) is 0 Å². The summed E-state index contributed by atoms with van der Waals surface area (Å²) in [6.07, 6.45) is 0. The third-order valence-electron chi connectivity index (χ3n) is 1.03. The minimum absolute atomic E-state index is 0.0142. The molecule has 58 valence electrons. The molecule has 0 radical (unpaired) electrons. The number of halogens is 1. The Balaban J connectivity index is 3.60. The molecule has 1 rings (SSSR count). The molecule has 0 fully saturated rings. The third-order valence-corrected chi connectivity index (χ3v) is 1.63. The predicted octanol–water partition coefficient (Wildman–Crippen LogP) is 2.24. The number of methoxy groups -OCH3 is 1. The van der Waals surface area contributed by atoms with E-state index in [1.54, 1.807) is 0 Å². The minimum atomic E-state index is -0.797. The van der Waals surface area contributed by atoms with Crippen molar-refractivity contribution in [2.24, 2.45) is 0 Å². The topological polar surface area (TPSA) is 26.3 Å². The van der Waals surface area contributed by atoms with Gasteiger partial charge in [0.2, 0.25) is 0 Å². The van der Waals surface area contributed by atoms with Crippen molar-refractivity contribution in [1.29, 1.82) is 0 Å². The number of esters is 1. The summed E-state index contributed by atoms with van der Waals surface area (Å²) in [5, 5.41) is 0. The van der Waals surface area contributed by atoms with Crippen LogP contribution in [0.1, 0.15) is 15.8 Å². The van der Waals surface area contributed by atoms with Gasteiger partial charge in [-0.15, -0.1) is 0 Å². The quantitative estimate of drug-likeness (QED) is 0.677. The van der Waals surface area contributed by atoms with E-state index in [1.807, 2.05) is 0 Å². The molecule has 0 spiro atoms. The van der Waals surface area contributed by atoms with Crippen LogP contribution < -0.4 is 0 Å². The van der Waals surface area contributed by atoms with E-state index in [9.17, 15) is 4.79 Å². The number of ether oxygens (including phenoxy) is 1. The van der Waals surface area contributed by atoms with Crippen LogP contribution in [0.15, 0.2) is 28.6 Å². The van der Waals surface area contributed by atoms with Gasteiger partial charge in [-0.05, 0) is 28.0 Å². The van der Waals surface area contributed by atoms with Gasteiger partial charge in [-0.3, -0.25) is 0 Å². The zero-order valence-electron chi connectivity index (χ0n) is 9.69. The van der Waals surface area contributed by atoms with Gasteiger partial charge in [-0.2, -0.15) is 0 Å². The average Bonchev–Trinajstić information content (AvgIpc) is 2.23. The molecule has 1 aromatic carbocycles. The molecule has 2 nitrogen and oxygen atoms in total. The maximum atomic E-state index is 11.3. The van der Waals surface area contributed by atoms with Gasteiger partial charge in [0.15, 0.2) is 0 Å². The highest BCUT2D eigenvalue weighted by Crippen LogP contribution is 2.16. The highest BCUT2D eigenvalue weighted by molar-refractivity contribution is 9.10. The summed E-state index contributed by atoms with van der Waals surface area (Å²) in [4.78, 5) is 11.3. The summed E-state index contributed by atoms with van der Waals surface area (Å²) in [6, 6.07) is -1.55. The van der Waals surface area contributed by atoms with Gasteiger partial charge in [-0.25, -0.2) is 4.79 Å². The van der Waals surface area contributed by atoms with Crippen LogP contribution in [-0.2, 0) is 4.74 Å². The lowest BCUT2D eigenvalue weighted by molar-refractivity contribution is 0.0599. The fourth-order valence-corrected chi connectivity index (χ4v) is 0.900. The zero-order chi connectivity index (χ0) is 11.7. The van der Waals surface area contributed by atoms with Gasteiger partial charge < -0.3 is 4.74 Å². The Morgan fingerprint density at radius 1 is 1.64 bits per heavy atom. The number of benzene rings is 1. The second-order valence-electron chi connectivity index (χ2n) is 1.68. The molecule has 0 atom stereocenters. The molecule has 11 heavy (non-hydrogen) atoms. The lowest BCUT2D eigenvalue weighted by atomic mass is 10.2. The number of rotatable bonds is 1. The summed E-state index contributed by atoms with van der Waals surface area (Å²) in [5.74, 6) is -0.797. The fourth-order valence-electron chi connectivity index (χ4n) is 0.540. The average molecular weight is 219 g/mol. The van der Waals surface area contributed by atoms with Crippen LogP contribution in [0.3, 0.4) is 0 Å².